The van der Waals surface area contributed by atoms with Crippen molar-refractivity contribution in [3.8, 4) is 11.5 Å². The number of anilines is 2. The van der Waals surface area contributed by atoms with Crippen LogP contribution in [0.2, 0.25) is 5.15 Å². The Morgan fingerprint density at radius 2 is 1.22 bits per heavy atom. The zero-order valence-corrected chi connectivity index (χ0v) is 34.8. The highest BCUT2D eigenvalue weighted by Gasteiger charge is 2.36. The van der Waals surface area contributed by atoms with Crippen LogP contribution in [0.5, 0.6) is 11.5 Å². The van der Waals surface area contributed by atoms with Gasteiger partial charge in [-0.2, -0.15) is 0 Å². The van der Waals surface area contributed by atoms with Crippen molar-refractivity contribution in [2.45, 2.75) is 44.6 Å². The Morgan fingerprint density at radius 3 is 1.71 bits per heavy atom. The van der Waals surface area contributed by atoms with Crippen molar-refractivity contribution in [3.05, 3.63) is 70.5 Å². The topological polar surface area (TPSA) is 172 Å². The molecule has 0 radical (unpaired) electrons. The first-order valence-electron chi connectivity index (χ1n) is 20.6. The zero-order chi connectivity index (χ0) is 41.1. The number of halogens is 1. The molecule has 3 saturated heterocycles. The maximum Gasteiger partial charge on any atom is 0.274 e. The van der Waals surface area contributed by atoms with Gasteiger partial charge in [0.1, 0.15) is 11.5 Å². The Labute approximate surface area is 347 Å². The monoisotopic (exact) mass is 819 g/mol. The average molecular weight is 820 g/mol. The summed E-state index contributed by atoms with van der Waals surface area (Å²) in [5.41, 5.74) is 14.2. The normalized spacial score (nSPS) is 18.8. The van der Waals surface area contributed by atoms with Crippen LogP contribution in [0, 0.1) is 0 Å². The van der Waals surface area contributed by atoms with Gasteiger partial charge in [-0.15, -0.1) is 0 Å². The third kappa shape index (κ3) is 12.2. The van der Waals surface area contributed by atoms with Crippen LogP contribution >= 0.6 is 11.6 Å². The van der Waals surface area contributed by atoms with Crippen LogP contribution in [0.3, 0.4) is 0 Å². The summed E-state index contributed by atoms with van der Waals surface area (Å²) in [6, 6.07) is 16.0. The Bertz CT molecular complexity index is 1750. The number of aromatic nitrogens is 2. The van der Waals surface area contributed by atoms with Gasteiger partial charge in [0, 0.05) is 65.2 Å². The molecule has 0 bridgehead atoms. The maximum absolute atomic E-state index is 13.3. The number of ether oxygens (including phenoxy) is 2. The Morgan fingerprint density at radius 1 is 0.741 bits per heavy atom. The van der Waals surface area contributed by atoms with Crippen LogP contribution in [0.25, 0.3) is 0 Å². The smallest absolute Gasteiger partial charge is 0.274 e. The zero-order valence-electron chi connectivity index (χ0n) is 34.0. The first-order chi connectivity index (χ1) is 27.9. The number of aryl methyl sites for hydroxylation is 2. The number of nitrogens with two attached hydrogens (primary N) is 2. The molecule has 3 amide bonds. The molecule has 314 valence electrons. The number of carbonyl (C=O) groups is 3. The second-order valence-corrected chi connectivity index (χ2v) is 16.4. The van der Waals surface area contributed by atoms with Gasteiger partial charge in [0.2, 0.25) is 0 Å². The predicted octanol–water partition coefficient (Wildman–Crippen LogP) is 2.57. The number of likely N-dealkylation sites (tertiary alicyclic amines) is 1. The molecule has 1 atom stereocenters. The van der Waals surface area contributed by atoms with Gasteiger partial charge in [-0.25, -0.2) is 9.97 Å². The second-order valence-electron chi connectivity index (χ2n) is 16.1. The molecular formula is C42H60ClN10O5+. The summed E-state index contributed by atoms with van der Waals surface area (Å²) in [7, 11) is 4.14. The van der Waals surface area contributed by atoms with Crippen molar-refractivity contribution >= 4 is 41.0 Å². The number of amides is 3. The van der Waals surface area contributed by atoms with E-state index < -0.39 is 5.91 Å². The number of nitrogen functional groups attached to an aromatic ring is 2. The average Bonchev–Trinajstić information content (AvgIpc) is 3.22. The molecule has 3 fully saturated rings. The number of quaternary nitrogens is 1. The molecule has 3 aromatic rings. The Hall–Kier alpha value is -4.70. The number of carbonyl (C=O) groups excluding carboxylic acids is 3. The number of nitrogens with zero attached hydrogens (tertiary/aromatic N) is 7. The number of piperazine rings is 2. The lowest BCUT2D eigenvalue weighted by atomic mass is 9.99. The SMILES string of the molecule is CN1CCN(C(=O)COc2ccc(CCC[N+]3(CCCc4ccc(OCC(=O)N5CCN(C)CC5)cc4)CCCC(NC(=O)c4nc(Cl)c(N)nc4N)C3)cc2)CC1. The largest absolute Gasteiger partial charge is 0.484 e. The summed E-state index contributed by atoms with van der Waals surface area (Å²) in [6.45, 7) is 10.2. The number of benzene rings is 2. The summed E-state index contributed by atoms with van der Waals surface area (Å²) < 4.78 is 12.6. The van der Waals surface area contributed by atoms with Crippen molar-refractivity contribution < 1.29 is 28.3 Å². The number of rotatable bonds is 16. The van der Waals surface area contributed by atoms with Crippen LogP contribution in [-0.4, -0.2) is 164 Å². The van der Waals surface area contributed by atoms with Crippen LogP contribution in [0.1, 0.15) is 47.3 Å². The third-order valence-electron chi connectivity index (χ3n) is 11.7. The molecule has 16 heteroatoms. The standard InChI is InChI=1S/C42H59ClN10O5/c1-49-17-21-51(22-18-49)36(54)29-57-34-13-9-31(10-14-34)6-3-25-53(27-5-8-33(28-53)46-42(56)38-40(44)48-41(45)39(43)47-38)26-4-7-32-11-15-35(16-12-32)58-30-37(55)52-23-19-50(2)20-24-52/h9-16,33H,3-8,17-30H2,1-2H3,(H4-,44,45,46,48,56)/p+1. The van der Waals surface area contributed by atoms with Gasteiger partial charge in [0.05, 0.1) is 32.2 Å². The molecule has 5 N–H and O–H groups in total. The summed E-state index contributed by atoms with van der Waals surface area (Å²) in [5.74, 6) is 0.954. The van der Waals surface area contributed by atoms with Gasteiger partial charge >= 0.3 is 0 Å². The molecular weight excluding hydrogens is 760 g/mol. The molecule has 15 nitrogen and oxygen atoms in total. The van der Waals surface area contributed by atoms with Crippen LogP contribution in [-0.2, 0) is 22.4 Å². The predicted molar refractivity (Wildman–Crippen MR) is 225 cm³/mol. The minimum Gasteiger partial charge on any atom is -0.484 e. The van der Waals surface area contributed by atoms with Crippen LogP contribution in [0.4, 0.5) is 11.6 Å². The Balaban J connectivity index is 1.03. The van der Waals surface area contributed by atoms with Gasteiger partial charge in [0.15, 0.2) is 35.7 Å². The van der Waals surface area contributed by atoms with Crippen molar-refractivity contribution in [1.82, 2.24) is 34.9 Å². The summed E-state index contributed by atoms with van der Waals surface area (Å²) in [6.07, 6.45) is 5.53. The minimum atomic E-state index is -0.406. The van der Waals surface area contributed by atoms with Gasteiger partial charge in [-0.05, 0) is 75.2 Å². The van der Waals surface area contributed by atoms with Gasteiger partial charge < -0.3 is 50.3 Å². The number of likely N-dealkylation sites (N-methyl/N-ethyl adjacent to an activating group) is 2. The fourth-order valence-electron chi connectivity index (χ4n) is 8.15. The highest BCUT2D eigenvalue weighted by molar-refractivity contribution is 6.31. The lowest BCUT2D eigenvalue weighted by Gasteiger charge is -2.45. The molecule has 0 saturated carbocycles. The fraction of sp³-hybridized carbons (Fsp3) is 0.548. The summed E-state index contributed by atoms with van der Waals surface area (Å²) in [5, 5.41) is 3.12. The molecule has 1 aromatic heterocycles. The van der Waals surface area contributed by atoms with Gasteiger partial charge in [-0.3, -0.25) is 14.4 Å². The molecule has 3 aliphatic heterocycles. The fourth-order valence-corrected chi connectivity index (χ4v) is 8.27. The minimum absolute atomic E-state index is 0.0129. The van der Waals surface area contributed by atoms with E-state index in [0.29, 0.717) is 11.5 Å². The van der Waals surface area contributed by atoms with Gasteiger partial charge in [0.25, 0.3) is 17.7 Å². The van der Waals surface area contributed by atoms with E-state index in [-0.39, 0.29) is 53.6 Å². The van der Waals surface area contributed by atoms with Crippen molar-refractivity contribution in [3.63, 3.8) is 0 Å². The van der Waals surface area contributed by atoms with Gasteiger partial charge in [-0.1, -0.05) is 35.9 Å². The van der Waals surface area contributed by atoms with Crippen LogP contribution in [0.15, 0.2) is 48.5 Å². The van der Waals surface area contributed by atoms with E-state index in [1.54, 1.807) is 0 Å². The highest BCUT2D eigenvalue weighted by Crippen LogP contribution is 2.25. The first kappa shape index (κ1) is 42.9. The number of hydrogen-bond donors (Lipinski definition) is 3. The number of piperidine rings is 1. The molecule has 1 unspecified atom stereocenters. The van der Waals surface area contributed by atoms with Crippen molar-refractivity contribution in [1.29, 1.82) is 0 Å². The number of hydrogen-bond acceptors (Lipinski definition) is 11. The molecule has 0 spiro atoms. The molecule has 4 heterocycles. The molecule has 3 aliphatic rings. The molecule has 0 aliphatic carbocycles. The summed E-state index contributed by atoms with van der Waals surface area (Å²) in [4.78, 5) is 54.9. The van der Waals surface area contributed by atoms with E-state index in [1.165, 1.54) is 11.1 Å². The maximum atomic E-state index is 13.3. The Kier molecular flexibility index (Phi) is 15.0. The first-order valence-corrected chi connectivity index (χ1v) is 20.9. The van der Waals surface area contributed by atoms with E-state index in [4.69, 9.17) is 32.5 Å². The van der Waals surface area contributed by atoms with E-state index in [0.717, 1.165) is 122 Å². The van der Waals surface area contributed by atoms with Crippen molar-refractivity contribution in [2.75, 3.05) is 117 Å². The summed E-state index contributed by atoms with van der Waals surface area (Å²) >= 11 is 6.09. The highest BCUT2D eigenvalue weighted by atomic mass is 35.5. The van der Waals surface area contributed by atoms with Crippen molar-refractivity contribution in [2.24, 2.45) is 0 Å². The third-order valence-corrected chi connectivity index (χ3v) is 12.0. The van der Waals surface area contributed by atoms with E-state index in [1.807, 2.05) is 34.1 Å². The molecule has 2 aromatic carbocycles. The number of nitrogens with one attached hydrogen (secondary N) is 1. The van der Waals surface area contributed by atoms with Crippen LogP contribution < -0.4 is 26.3 Å². The second kappa shape index (κ2) is 20.3. The van der Waals surface area contributed by atoms with E-state index in [9.17, 15) is 14.4 Å². The van der Waals surface area contributed by atoms with E-state index >= 15 is 0 Å². The molecule has 58 heavy (non-hydrogen) atoms. The molecule has 6 rings (SSSR count). The van der Waals surface area contributed by atoms with E-state index in [2.05, 4.69) is 63.4 Å². The lowest BCUT2D eigenvalue weighted by Crippen LogP contribution is -2.60. The quantitative estimate of drug-likeness (QED) is 0.182. The lowest BCUT2D eigenvalue weighted by molar-refractivity contribution is -0.933.